The van der Waals surface area contributed by atoms with Crippen molar-refractivity contribution in [1.29, 1.82) is 0 Å². The molecule has 2 fully saturated rings. The summed E-state index contributed by atoms with van der Waals surface area (Å²) in [5.41, 5.74) is 2.87. The Balaban J connectivity index is 1.42. The molecule has 0 aliphatic carbocycles. The summed E-state index contributed by atoms with van der Waals surface area (Å²) >= 11 is 0. The lowest BCUT2D eigenvalue weighted by molar-refractivity contribution is -0.129. The van der Waals surface area contributed by atoms with Crippen molar-refractivity contribution in [3.8, 4) is 0 Å². The number of rotatable bonds is 3. The topological polar surface area (TPSA) is 85.3 Å². The number of amides is 2. The molecule has 4 rings (SSSR count). The van der Waals surface area contributed by atoms with E-state index in [1.54, 1.807) is 6.26 Å². The van der Waals surface area contributed by atoms with E-state index in [9.17, 15) is 13.8 Å². The minimum absolute atomic E-state index is 0.00131. The Hall–Kier alpha value is -1.77. The molecule has 0 aromatic heterocycles. The Kier molecular flexibility index (Phi) is 6.51. The van der Waals surface area contributed by atoms with Gasteiger partial charge in [-0.25, -0.2) is 4.21 Å². The number of hydrogen-bond donors (Lipinski definition) is 0. The van der Waals surface area contributed by atoms with Gasteiger partial charge in [0.05, 0.1) is 29.0 Å². The number of carbonyl (C=O) groups excluding carboxylic acids is 2. The van der Waals surface area contributed by atoms with E-state index in [0.717, 1.165) is 18.4 Å². The van der Waals surface area contributed by atoms with Gasteiger partial charge in [0.15, 0.2) is 0 Å². The molecule has 0 bridgehead atoms. The molecular formula is C23H32N2O5S. The monoisotopic (exact) mass is 448 g/mol. The van der Waals surface area contributed by atoms with Crippen LogP contribution in [0.1, 0.15) is 54.6 Å². The van der Waals surface area contributed by atoms with E-state index in [1.165, 1.54) is 5.56 Å². The highest BCUT2D eigenvalue weighted by atomic mass is 32.2. The second kappa shape index (κ2) is 9.00. The maximum atomic E-state index is 13.3. The zero-order chi connectivity index (χ0) is 22.2. The van der Waals surface area contributed by atoms with Crippen LogP contribution < -0.4 is 0 Å². The van der Waals surface area contributed by atoms with Crippen molar-refractivity contribution in [3.05, 3.63) is 34.9 Å². The third kappa shape index (κ3) is 4.71. The fraction of sp³-hybridized carbons (Fsp3) is 0.652. The van der Waals surface area contributed by atoms with Gasteiger partial charge in [0, 0.05) is 30.2 Å². The minimum atomic E-state index is -2.70. The van der Waals surface area contributed by atoms with Crippen LogP contribution in [0.4, 0.5) is 0 Å². The van der Waals surface area contributed by atoms with Gasteiger partial charge in [-0.3, -0.25) is 9.59 Å². The lowest BCUT2D eigenvalue weighted by Gasteiger charge is -2.33. The molecule has 2 amide bonds. The van der Waals surface area contributed by atoms with E-state index in [1.807, 2.05) is 30.9 Å². The third-order valence-corrected chi connectivity index (χ3v) is 8.98. The Morgan fingerprint density at radius 1 is 1.19 bits per heavy atom. The molecule has 0 spiro atoms. The van der Waals surface area contributed by atoms with Gasteiger partial charge in [0.1, 0.15) is 6.10 Å². The summed E-state index contributed by atoms with van der Waals surface area (Å²) in [6.45, 7) is 6.09. The predicted octanol–water partition coefficient (Wildman–Crippen LogP) is 2.80. The molecule has 170 valence electrons. The number of hydrogen-bond acceptors (Lipinski definition) is 5. The Bertz CT molecular complexity index is 976. The Morgan fingerprint density at radius 2 is 1.94 bits per heavy atom. The van der Waals surface area contributed by atoms with Crippen LogP contribution in [0.2, 0.25) is 0 Å². The van der Waals surface area contributed by atoms with Crippen LogP contribution in [0.3, 0.4) is 0 Å². The first-order valence-electron chi connectivity index (χ1n) is 11.1. The molecule has 8 heteroatoms. The number of benzene rings is 1. The van der Waals surface area contributed by atoms with Gasteiger partial charge in [-0.15, -0.1) is 0 Å². The van der Waals surface area contributed by atoms with Gasteiger partial charge in [-0.1, -0.05) is 19.1 Å². The van der Waals surface area contributed by atoms with Gasteiger partial charge >= 0.3 is 0 Å². The first kappa shape index (κ1) is 22.4. The molecule has 3 aliphatic rings. The lowest BCUT2D eigenvalue weighted by atomic mass is 9.96. The molecule has 4 atom stereocenters. The van der Waals surface area contributed by atoms with Crippen molar-refractivity contribution in [2.75, 3.05) is 26.0 Å². The third-order valence-electron chi connectivity index (χ3n) is 6.73. The fourth-order valence-corrected chi connectivity index (χ4v) is 6.65. The minimum Gasteiger partial charge on any atom is -0.376 e. The highest BCUT2D eigenvalue weighted by molar-refractivity contribution is 7.93. The van der Waals surface area contributed by atoms with Crippen LogP contribution in [0, 0.1) is 5.92 Å². The summed E-state index contributed by atoms with van der Waals surface area (Å²) in [5.74, 6) is -0.320. The van der Waals surface area contributed by atoms with Crippen LogP contribution in [-0.2, 0) is 37.0 Å². The summed E-state index contributed by atoms with van der Waals surface area (Å²) in [4.78, 5) is 27.6. The van der Waals surface area contributed by atoms with Crippen LogP contribution in [0.15, 0.2) is 22.6 Å². The predicted molar refractivity (Wildman–Crippen MR) is 118 cm³/mol. The van der Waals surface area contributed by atoms with Crippen molar-refractivity contribution in [2.24, 2.45) is 10.3 Å². The van der Waals surface area contributed by atoms with Crippen LogP contribution in [0.5, 0.6) is 0 Å². The van der Waals surface area contributed by atoms with Crippen molar-refractivity contribution < 1.29 is 23.3 Å². The number of ether oxygens (including phenoxy) is 2. The van der Waals surface area contributed by atoms with Gasteiger partial charge in [0.25, 0.3) is 11.8 Å². The molecule has 7 nitrogen and oxygen atoms in total. The molecule has 4 unspecified atom stereocenters. The van der Waals surface area contributed by atoms with Crippen molar-refractivity contribution >= 4 is 21.5 Å². The van der Waals surface area contributed by atoms with Gasteiger partial charge in [0.2, 0.25) is 0 Å². The molecule has 1 aromatic rings. The average molecular weight is 449 g/mol. The lowest BCUT2D eigenvalue weighted by Crippen LogP contribution is -2.43. The van der Waals surface area contributed by atoms with Crippen LogP contribution >= 0.6 is 0 Å². The molecule has 2 saturated heterocycles. The fourth-order valence-electron chi connectivity index (χ4n) is 4.96. The van der Waals surface area contributed by atoms with E-state index in [4.69, 9.17) is 9.47 Å². The Labute approximate surface area is 184 Å². The van der Waals surface area contributed by atoms with E-state index in [-0.39, 0.29) is 23.2 Å². The van der Waals surface area contributed by atoms with Crippen molar-refractivity contribution in [1.82, 2.24) is 4.90 Å². The largest absolute Gasteiger partial charge is 0.376 e. The van der Waals surface area contributed by atoms with Gasteiger partial charge < -0.3 is 14.4 Å². The maximum absolute atomic E-state index is 13.3. The SMILES string of the molecule is CC1CC(C)C(C(=O)N=S(C)(=O)C2CCN(C(=O)c3cccc4c3COCC4)CC2)O1. The molecule has 0 radical (unpaired) electrons. The van der Waals surface area contributed by atoms with Gasteiger partial charge in [-0.05, 0) is 55.7 Å². The molecule has 31 heavy (non-hydrogen) atoms. The number of likely N-dealkylation sites (tertiary alicyclic amines) is 1. The van der Waals surface area contributed by atoms with E-state index >= 15 is 0 Å². The highest BCUT2D eigenvalue weighted by Gasteiger charge is 2.37. The average Bonchev–Trinajstić information content (AvgIpc) is 3.10. The summed E-state index contributed by atoms with van der Waals surface area (Å²) in [7, 11) is -2.70. The maximum Gasteiger partial charge on any atom is 0.283 e. The quantitative estimate of drug-likeness (QED) is 0.710. The van der Waals surface area contributed by atoms with Crippen molar-refractivity contribution in [3.63, 3.8) is 0 Å². The zero-order valence-electron chi connectivity index (χ0n) is 18.5. The smallest absolute Gasteiger partial charge is 0.283 e. The Morgan fingerprint density at radius 3 is 2.61 bits per heavy atom. The van der Waals surface area contributed by atoms with Crippen LogP contribution in [-0.4, -0.2) is 64.3 Å². The van der Waals surface area contributed by atoms with E-state index in [0.29, 0.717) is 44.7 Å². The summed E-state index contributed by atoms with van der Waals surface area (Å²) < 4.78 is 28.6. The number of piperidine rings is 1. The number of carbonyl (C=O) groups is 2. The van der Waals surface area contributed by atoms with E-state index < -0.39 is 21.7 Å². The second-order valence-electron chi connectivity index (χ2n) is 9.11. The molecule has 3 aliphatic heterocycles. The van der Waals surface area contributed by atoms with Crippen molar-refractivity contribution in [2.45, 2.75) is 63.6 Å². The number of fused-ring (bicyclic) bond motifs is 1. The molecule has 1 aromatic carbocycles. The first-order chi connectivity index (χ1) is 14.8. The summed E-state index contributed by atoms with van der Waals surface area (Å²) in [5, 5.41) is -0.206. The number of nitrogens with zero attached hydrogens (tertiary/aromatic N) is 2. The molecular weight excluding hydrogens is 416 g/mol. The second-order valence-corrected chi connectivity index (χ2v) is 11.7. The summed E-state index contributed by atoms with van der Waals surface area (Å²) in [6, 6.07) is 5.85. The highest BCUT2D eigenvalue weighted by Crippen LogP contribution is 2.28. The normalized spacial score (nSPS) is 28.6. The van der Waals surface area contributed by atoms with Gasteiger partial charge in [-0.2, -0.15) is 4.36 Å². The molecule has 0 saturated carbocycles. The first-order valence-corrected chi connectivity index (χ1v) is 13.1. The molecule has 3 heterocycles. The summed E-state index contributed by atoms with van der Waals surface area (Å²) in [6.07, 6.45) is 3.78. The zero-order valence-corrected chi connectivity index (χ0v) is 19.4. The van der Waals surface area contributed by atoms with Crippen LogP contribution in [0.25, 0.3) is 0 Å². The molecule has 0 N–H and O–H groups in total. The van der Waals surface area contributed by atoms with E-state index in [2.05, 4.69) is 10.4 Å². The standard InChI is InChI=1S/C23H32N2O5S/c1-15-13-16(2)30-21(15)22(26)24-31(3,28)18-7-10-25(11-8-18)23(27)19-6-4-5-17-9-12-29-14-20(17)19/h4-6,15-16,18,21H,7-14H2,1-3H3.